The van der Waals surface area contributed by atoms with Gasteiger partial charge >= 0.3 is 5.97 Å². The Morgan fingerprint density at radius 2 is 1.96 bits per heavy atom. The van der Waals surface area contributed by atoms with E-state index < -0.39 is 0 Å². The van der Waals surface area contributed by atoms with Crippen LogP contribution in [0, 0.1) is 5.92 Å². The number of nitrogens with zero attached hydrogens (tertiary/aromatic N) is 1. The third kappa shape index (κ3) is 4.21. The lowest BCUT2D eigenvalue weighted by molar-refractivity contribution is -0.149. The summed E-state index contributed by atoms with van der Waals surface area (Å²) in [4.78, 5) is 26.0. The van der Waals surface area contributed by atoms with Crippen molar-refractivity contribution in [1.82, 2.24) is 10.2 Å². The molecule has 1 aliphatic heterocycles. The monoisotopic (exact) mass is 344 g/mol. The van der Waals surface area contributed by atoms with E-state index in [2.05, 4.69) is 36.5 Å². The van der Waals surface area contributed by atoms with Crippen LogP contribution in [0.2, 0.25) is 0 Å². The van der Waals surface area contributed by atoms with Crippen molar-refractivity contribution in [2.75, 3.05) is 20.2 Å². The number of esters is 1. The highest BCUT2D eigenvalue weighted by Gasteiger charge is 2.29. The maximum atomic E-state index is 12.5. The van der Waals surface area contributed by atoms with E-state index in [0.29, 0.717) is 38.4 Å². The predicted octanol–water partition coefficient (Wildman–Crippen LogP) is 2.45. The molecule has 0 radical (unpaired) electrons. The summed E-state index contributed by atoms with van der Waals surface area (Å²) >= 11 is 0. The van der Waals surface area contributed by atoms with Crippen LogP contribution < -0.4 is 5.32 Å². The number of carbonyl (C=O) groups is 2. The highest BCUT2D eigenvalue weighted by atomic mass is 16.5. The quantitative estimate of drug-likeness (QED) is 0.834. The molecule has 1 fully saturated rings. The van der Waals surface area contributed by atoms with Crippen LogP contribution in [0.15, 0.2) is 24.3 Å². The first-order chi connectivity index (χ1) is 12.1. The molecule has 136 valence electrons. The van der Waals surface area contributed by atoms with Gasteiger partial charge in [-0.15, -0.1) is 0 Å². The second-order valence-electron chi connectivity index (χ2n) is 7.24. The van der Waals surface area contributed by atoms with Crippen molar-refractivity contribution >= 4 is 11.9 Å². The number of methoxy groups -OCH3 is 1. The molecule has 1 aromatic rings. The van der Waals surface area contributed by atoms with E-state index in [1.165, 1.54) is 18.2 Å². The number of hydrogen-bond acceptors (Lipinski definition) is 4. The number of benzene rings is 1. The molecular formula is C20H28N2O3. The van der Waals surface area contributed by atoms with Gasteiger partial charge in [0.25, 0.3) is 0 Å². The van der Waals surface area contributed by atoms with Gasteiger partial charge in [0.1, 0.15) is 0 Å². The lowest BCUT2D eigenvalue weighted by Gasteiger charge is -2.32. The van der Waals surface area contributed by atoms with E-state index in [0.717, 1.165) is 12.8 Å². The van der Waals surface area contributed by atoms with Crippen molar-refractivity contribution in [3.8, 4) is 0 Å². The Hall–Kier alpha value is -1.88. The number of carbonyl (C=O) groups excluding carboxylic acids is 2. The first kappa shape index (κ1) is 17.9. The highest BCUT2D eigenvalue weighted by Crippen LogP contribution is 2.31. The van der Waals surface area contributed by atoms with Crippen LogP contribution in [-0.2, 0) is 20.7 Å². The normalized spacial score (nSPS) is 21.7. The van der Waals surface area contributed by atoms with Crippen molar-refractivity contribution in [3.05, 3.63) is 35.4 Å². The maximum Gasteiger partial charge on any atom is 0.308 e. The van der Waals surface area contributed by atoms with E-state index in [9.17, 15) is 9.59 Å². The zero-order chi connectivity index (χ0) is 17.8. The molecule has 0 unspecified atom stereocenters. The number of fused-ring (bicyclic) bond motifs is 1. The second-order valence-corrected chi connectivity index (χ2v) is 7.24. The van der Waals surface area contributed by atoms with Gasteiger partial charge in [-0.1, -0.05) is 24.3 Å². The van der Waals surface area contributed by atoms with Crippen molar-refractivity contribution in [2.45, 2.75) is 51.1 Å². The Morgan fingerprint density at radius 3 is 2.68 bits per heavy atom. The molecule has 1 aliphatic carbocycles. The standard InChI is InChI=1S/C20H28N2O3/c1-14(21-18-8-7-15-5-3-4-6-17(15)18)13-19(23)22-11-9-16(10-12-22)20(24)25-2/h3-6,14,16,18,21H,7-13H2,1-2H3/t14-,18-/m0/s1. The Bertz CT molecular complexity index is 623. The fourth-order valence-corrected chi connectivity index (χ4v) is 4.05. The number of nitrogens with one attached hydrogen (secondary N) is 1. The van der Waals surface area contributed by atoms with Gasteiger partial charge in [-0.3, -0.25) is 9.59 Å². The minimum atomic E-state index is -0.151. The Morgan fingerprint density at radius 1 is 1.24 bits per heavy atom. The lowest BCUT2D eigenvalue weighted by atomic mass is 9.96. The van der Waals surface area contributed by atoms with Gasteiger partial charge in [0.05, 0.1) is 13.0 Å². The third-order valence-electron chi connectivity index (χ3n) is 5.48. The molecule has 1 heterocycles. The summed E-state index contributed by atoms with van der Waals surface area (Å²) in [5, 5.41) is 3.62. The highest BCUT2D eigenvalue weighted by molar-refractivity contribution is 5.77. The summed E-state index contributed by atoms with van der Waals surface area (Å²) in [6.45, 7) is 3.38. The van der Waals surface area contributed by atoms with E-state index in [-0.39, 0.29) is 23.8 Å². The minimum absolute atomic E-state index is 0.0559. The van der Waals surface area contributed by atoms with Crippen LogP contribution >= 0.6 is 0 Å². The summed E-state index contributed by atoms with van der Waals surface area (Å²) in [6, 6.07) is 9.04. The summed E-state index contributed by atoms with van der Waals surface area (Å²) in [5.74, 6) is -0.0313. The van der Waals surface area contributed by atoms with E-state index in [1.54, 1.807) is 0 Å². The van der Waals surface area contributed by atoms with Crippen molar-refractivity contribution in [2.24, 2.45) is 5.92 Å². The minimum Gasteiger partial charge on any atom is -0.469 e. The maximum absolute atomic E-state index is 12.5. The van der Waals surface area contributed by atoms with Gasteiger partial charge in [-0.2, -0.15) is 0 Å². The van der Waals surface area contributed by atoms with Gasteiger partial charge < -0.3 is 15.0 Å². The van der Waals surface area contributed by atoms with E-state index >= 15 is 0 Å². The average molecular weight is 344 g/mol. The smallest absolute Gasteiger partial charge is 0.308 e. The number of rotatable bonds is 5. The molecule has 2 atom stereocenters. The number of amides is 1. The Balaban J connectivity index is 1.47. The zero-order valence-corrected chi connectivity index (χ0v) is 15.2. The molecule has 1 saturated heterocycles. The first-order valence-electron chi connectivity index (χ1n) is 9.28. The number of likely N-dealkylation sites (tertiary alicyclic amines) is 1. The molecule has 2 aliphatic rings. The van der Waals surface area contributed by atoms with Crippen LogP contribution in [0.1, 0.15) is 49.8 Å². The molecule has 5 heteroatoms. The van der Waals surface area contributed by atoms with Gasteiger partial charge in [0.2, 0.25) is 5.91 Å². The number of aryl methyl sites for hydroxylation is 1. The van der Waals surface area contributed by atoms with Crippen molar-refractivity contribution < 1.29 is 14.3 Å². The molecule has 5 nitrogen and oxygen atoms in total. The molecule has 0 aromatic heterocycles. The van der Waals surface area contributed by atoms with Crippen LogP contribution in [-0.4, -0.2) is 43.0 Å². The molecule has 1 N–H and O–H groups in total. The third-order valence-corrected chi connectivity index (χ3v) is 5.48. The molecule has 1 aromatic carbocycles. The molecule has 0 saturated carbocycles. The van der Waals surface area contributed by atoms with Crippen LogP contribution in [0.3, 0.4) is 0 Å². The lowest BCUT2D eigenvalue weighted by Crippen LogP contribution is -2.43. The molecular weight excluding hydrogens is 316 g/mol. The van der Waals surface area contributed by atoms with Gasteiger partial charge in [0.15, 0.2) is 0 Å². The summed E-state index contributed by atoms with van der Waals surface area (Å²) < 4.78 is 4.80. The van der Waals surface area contributed by atoms with Gasteiger partial charge in [-0.05, 0) is 43.7 Å². The molecule has 3 rings (SSSR count). The van der Waals surface area contributed by atoms with Crippen LogP contribution in [0.4, 0.5) is 0 Å². The summed E-state index contributed by atoms with van der Waals surface area (Å²) in [7, 11) is 1.42. The van der Waals surface area contributed by atoms with Crippen molar-refractivity contribution in [3.63, 3.8) is 0 Å². The fourth-order valence-electron chi connectivity index (χ4n) is 4.05. The zero-order valence-electron chi connectivity index (χ0n) is 15.2. The predicted molar refractivity (Wildman–Crippen MR) is 96.0 cm³/mol. The average Bonchev–Trinajstić information content (AvgIpc) is 3.04. The molecule has 0 spiro atoms. The summed E-state index contributed by atoms with van der Waals surface area (Å²) in [5.41, 5.74) is 2.80. The van der Waals surface area contributed by atoms with Crippen LogP contribution in [0.5, 0.6) is 0 Å². The Kier molecular flexibility index (Phi) is 5.74. The number of ether oxygens (including phenoxy) is 1. The first-order valence-corrected chi connectivity index (χ1v) is 9.28. The van der Waals surface area contributed by atoms with Crippen LogP contribution in [0.25, 0.3) is 0 Å². The summed E-state index contributed by atoms with van der Waals surface area (Å²) in [6.07, 6.45) is 4.12. The largest absolute Gasteiger partial charge is 0.469 e. The van der Waals surface area contributed by atoms with E-state index in [4.69, 9.17) is 4.74 Å². The fraction of sp³-hybridized carbons (Fsp3) is 0.600. The van der Waals surface area contributed by atoms with Gasteiger partial charge in [-0.25, -0.2) is 0 Å². The molecule has 1 amide bonds. The Labute approximate surface area is 149 Å². The number of hydrogen-bond donors (Lipinski definition) is 1. The second kappa shape index (κ2) is 8.00. The molecule has 25 heavy (non-hydrogen) atoms. The SMILES string of the molecule is COC(=O)C1CCN(C(=O)C[C@H](C)N[C@H]2CCc3ccccc32)CC1. The van der Waals surface area contributed by atoms with Crippen molar-refractivity contribution in [1.29, 1.82) is 0 Å². The van der Waals surface area contributed by atoms with E-state index in [1.807, 2.05) is 4.90 Å². The molecule has 0 bridgehead atoms. The van der Waals surface area contributed by atoms with Gasteiger partial charge in [0, 0.05) is 31.6 Å². The topological polar surface area (TPSA) is 58.6 Å². The number of piperidine rings is 1.